The van der Waals surface area contributed by atoms with Gasteiger partial charge < -0.3 is 9.47 Å². The Kier molecular flexibility index (Phi) is 6.06. The molecule has 2 amide bonds. The highest BCUT2D eigenvalue weighted by molar-refractivity contribution is 5.95. The Balaban J connectivity index is 1.54. The number of para-hydroxylation sites is 1. The molecule has 3 rings (SSSR count). The van der Waals surface area contributed by atoms with Gasteiger partial charge in [-0.25, -0.2) is 4.98 Å². The smallest absolute Gasteiger partial charge is 0.288 e. The largest absolute Gasteiger partial charge is 0.497 e. The van der Waals surface area contributed by atoms with E-state index in [4.69, 9.17) is 9.47 Å². The van der Waals surface area contributed by atoms with Gasteiger partial charge in [-0.15, -0.1) is 0 Å². The molecule has 7 nitrogen and oxygen atoms in total. The fourth-order valence-electron chi connectivity index (χ4n) is 2.71. The molecule has 0 aliphatic heterocycles. The molecule has 2 N–H and O–H groups in total. The van der Waals surface area contributed by atoms with Crippen molar-refractivity contribution in [1.29, 1.82) is 0 Å². The molecule has 0 fully saturated rings. The van der Waals surface area contributed by atoms with Crippen LogP contribution in [0.4, 0.5) is 0 Å². The van der Waals surface area contributed by atoms with Crippen LogP contribution in [0.15, 0.2) is 54.6 Å². The molecule has 7 heteroatoms. The Bertz CT molecular complexity index is 982. The number of pyridine rings is 1. The summed E-state index contributed by atoms with van der Waals surface area (Å²) in [7, 11) is 3.14. The second-order valence-corrected chi connectivity index (χ2v) is 6.11. The molecule has 0 bridgehead atoms. The van der Waals surface area contributed by atoms with Crippen LogP contribution in [0.5, 0.6) is 11.5 Å². The van der Waals surface area contributed by atoms with Crippen molar-refractivity contribution in [1.82, 2.24) is 15.8 Å². The van der Waals surface area contributed by atoms with Crippen LogP contribution in [0.2, 0.25) is 0 Å². The minimum atomic E-state index is -0.470. The van der Waals surface area contributed by atoms with Crippen molar-refractivity contribution in [3.05, 3.63) is 65.9 Å². The number of carbonyl (C=O) groups excluding carboxylic acids is 2. The molecule has 0 radical (unpaired) electrons. The molecular formula is C21H21N3O4. The summed E-state index contributed by atoms with van der Waals surface area (Å²) in [6, 6.07) is 16.4. The van der Waals surface area contributed by atoms with Crippen LogP contribution < -0.4 is 20.3 Å². The Morgan fingerprint density at radius 2 is 1.64 bits per heavy atom. The van der Waals surface area contributed by atoms with Crippen LogP contribution in [0.1, 0.15) is 22.5 Å². The number of carbonyl (C=O) groups is 2. The minimum Gasteiger partial charge on any atom is -0.497 e. The van der Waals surface area contributed by atoms with Crippen molar-refractivity contribution in [2.75, 3.05) is 14.2 Å². The van der Waals surface area contributed by atoms with Crippen molar-refractivity contribution < 1.29 is 19.1 Å². The highest BCUT2D eigenvalue weighted by Gasteiger charge is 2.10. The van der Waals surface area contributed by atoms with Crippen molar-refractivity contribution in [2.45, 2.75) is 12.8 Å². The Morgan fingerprint density at radius 1 is 0.929 bits per heavy atom. The van der Waals surface area contributed by atoms with E-state index in [-0.39, 0.29) is 18.0 Å². The summed E-state index contributed by atoms with van der Waals surface area (Å²) in [4.78, 5) is 28.6. The molecule has 144 valence electrons. The predicted molar refractivity (Wildman–Crippen MR) is 105 cm³/mol. The zero-order valence-corrected chi connectivity index (χ0v) is 15.7. The number of fused-ring (bicyclic) bond motifs is 1. The number of ether oxygens (including phenoxy) is 2. The monoisotopic (exact) mass is 379 g/mol. The first-order chi connectivity index (χ1) is 13.6. The van der Waals surface area contributed by atoms with E-state index < -0.39 is 5.91 Å². The topological polar surface area (TPSA) is 89.6 Å². The number of aryl methyl sites for hydroxylation is 1. The lowest BCUT2D eigenvalue weighted by atomic mass is 10.1. The number of benzene rings is 2. The highest BCUT2D eigenvalue weighted by atomic mass is 16.5. The van der Waals surface area contributed by atoms with Crippen LogP contribution in [0.25, 0.3) is 10.9 Å². The number of hydrogen-bond acceptors (Lipinski definition) is 5. The van der Waals surface area contributed by atoms with Gasteiger partial charge in [0, 0.05) is 17.9 Å². The molecule has 2 aromatic carbocycles. The second kappa shape index (κ2) is 8.85. The lowest BCUT2D eigenvalue weighted by Gasteiger charge is -2.09. The van der Waals surface area contributed by atoms with Gasteiger partial charge in [0.15, 0.2) is 0 Å². The van der Waals surface area contributed by atoms with Crippen molar-refractivity contribution in [2.24, 2.45) is 0 Å². The molecule has 1 heterocycles. The summed E-state index contributed by atoms with van der Waals surface area (Å²) in [5.41, 5.74) is 6.66. The summed E-state index contributed by atoms with van der Waals surface area (Å²) >= 11 is 0. The van der Waals surface area contributed by atoms with Crippen LogP contribution in [0, 0.1) is 0 Å². The molecular weight excluding hydrogens is 358 g/mol. The van der Waals surface area contributed by atoms with Crippen LogP contribution in [0.3, 0.4) is 0 Å². The number of methoxy groups -OCH3 is 2. The van der Waals surface area contributed by atoms with E-state index in [1.165, 1.54) is 0 Å². The van der Waals surface area contributed by atoms with Gasteiger partial charge in [0.25, 0.3) is 5.91 Å². The van der Waals surface area contributed by atoms with Gasteiger partial charge in [0.2, 0.25) is 5.91 Å². The first-order valence-electron chi connectivity index (χ1n) is 8.76. The quantitative estimate of drug-likeness (QED) is 0.643. The van der Waals surface area contributed by atoms with Crippen molar-refractivity contribution in [3.8, 4) is 11.5 Å². The standard InChI is InChI=1S/C21H21N3O4/c1-27-16-11-14(12-17(13-16)28-2)7-10-20(25)23-24-21(26)19-9-8-15-5-3-4-6-18(15)22-19/h3-6,8-9,11-13H,7,10H2,1-2H3,(H,23,25)(H,24,26). The first kappa shape index (κ1) is 19.2. The lowest BCUT2D eigenvalue weighted by Crippen LogP contribution is -2.42. The molecule has 0 atom stereocenters. The molecule has 0 spiro atoms. The zero-order chi connectivity index (χ0) is 19.9. The van der Waals surface area contributed by atoms with E-state index in [1.54, 1.807) is 26.4 Å². The SMILES string of the molecule is COc1cc(CCC(=O)NNC(=O)c2ccc3ccccc3n2)cc(OC)c1. The maximum absolute atomic E-state index is 12.2. The summed E-state index contributed by atoms with van der Waals surface area (Å²) in [6.07, 6.45) is 0.672. The number of amides is 2. The molecule has 0 saturated carbocycles. The van der Waals surface area contributed by atoms with E-state index in [0.717, 1.165) is 10.9 Å². The predicted octanol–water partition coefficient (Wildman–Crippen LogP) is 2.65. The number of nitrogens with one attached hydrogen (secondary N) is 2. The van der Waals surface area contributed by atoms with Gasteiger partial charge in [0.1, 0.15) is 17.2 Å². The van der Waals surface area contributed by atoms with E-state index in [9.17, 15) is 9.59 Å². The van der Waals surface area contributed by atoms with Crippen molar-refractivity contribution >= 4 is 22.7 Å². The van der Waals surface area contributed by atoms with E-state index in [0.29, 0.717) is 23.4 Å². The average molecular weight is 379 g/mol. The maximum atomic E-state index is 12.2. The highest BCUT2D eigenvalue weighted by Crippen LogP contribution is 2.23. The van der Waals surface area contributed by atoms with Gasteiger partial charge in [-0.2, -0.15) is 0 Å². The van der Waals surface area contributed by atoms with E-state index in [2.05, 4.69) is 15.8 Å². The Labute approximate surface area is 162 Å². The van der Waals surface area contributed by atoms with E-state index >= 15 is 0 Å². The number of aromatic nitrogens is 1. The molecule has 28 heavy (non-hydrogen) atoms. The molecule has 1 aromatic heterocycles. The third-order valence-electron chi connectivity index (χ3n) is 4.20. The number of hydrazine groups is 1. The van der Waals surface area contributed by atoms with Crippen LogP contribution >= 0.6 is 0 Å². The zero-order valence-electron chi connectivity index (χ0n) is 15.7. The van der Waals surface area contributed by atoms with Crippen LogP contribution in [-0.4, -0.2) is 31.0 Å². The average Bonchev–Trinajstić information content (AvgIpc) is 2.75. The normalized spacial score (nSPS) is 10.4. The summed E-state index contributed by atoms with van der Waals surface area (Å²) in [6.45, 7) is 0. The molecule has 0 aliphatic carbocycles. The molecule has 0 saturated heterocycles. The third kappa shape index (κ3) is 4.76. The summed E-state index contributed by atoms with van der Waals surface area (Å²) in [5.74, 6) is 0.536. The Hall–Kier alpha value is -3.61. The van der Waals surface area contributed by atoms with Gasteiger partial charge in [0.05, 0.1) is 19.7 Å². The summed E-state index contributed by atoms with van der Waals surface area (Å²) in [5, 5.41) is 0.941. The minimum absolute atomic E-state index is 0.196. The van der Waals surface area contributed by atoms with Gasteiger partial charge >= 0.3 is 0 Å². The Morgan fingerprint density at radius 3 is 2.36 bits per heavy atom. The fraction of sp³-hybridized carbons (Fsp3) is 0.190. The molecule has 3 aromatic rings. The maximum Gasteiger partial charge on any atom is 0.288 e. The number of rotatable bonds is 6. The summed E-state index contributed by atoms with van der Waals surface area (Å²) < 4.78 is 10.4. The van der Waals surface area contributed by atoms with Gasteiger partial charge in [-0.3, -0.25) is 20.4 Å². The first-order valence-corrected chi connectivity index (χ1v) is 8.76. The van der Waals surface area contributed by atoms with Gasteiger partial charge in [-0.1, -0.05) is 24.3 Å². The lowest BCUT2D eigenvalue weighted by molar-refractivity contribution is -0.121. The number of hydrogen-bond donors (Lipinski definition) is 2. The van der Waals surface area contributed by atoms with Gasteiger partial charge in [-0.05, 0) is 36.2 Å². The third-order valence-corrected chi connectivity index (χ3v) is 4.20. The second-order valence-electron chi connectivity index (χ2n) is 6.11. The molecule has 0 aliphatic rings. The number of nitrogens with zero attached hydrogens (tertiary/aromatic N) is 1. The fourth-order valence-corrected chi connectivity index (χ4v) is 2.71. The van der Waals surface area contributed by atoms with Crippen molar-refractivity contribution in [3.63, 3.8) is 0 Å². The van der Waals surface area contributed by atoms with E-state index in [1.807, 2.05) is 42.5 Å². The molecule has 0 unspecified atom stereocenters. The van der Waals surface area contributed by atoms with Crippen LogP contribution in [-0.2, 0) is 11.2 Å².